The maximum atomic E-state index is 12.6. The summed E-state index contributed by atoms with van der Waals surface area (Å²) >= 11 is 1.32. The number of benzene rings is 3. The van der Waals surface area contributed by atoms with Crippen molar-refractivity contribution in [3.8, 4) is 0 Å². The Morgan fingerprint density at radius 2 is 1.69 bits per heavy atom. The molecule has 35 heavy (non-hydrogen) atoms. The Bertz CT molecular complexity index is 1450. The molecule has 0 unspecified atom stereocenters. The van der Waals surface area contributed by atoms with Gasteiger partial charge in [0.1, 0.15) is 5.00 Å². The van der Waals surface area contributed by atoms with E-state index in [9.17, 15) is 14.4 Å². The maximum Gasteiger partial charge on any atom is 0.341 e. The molecule has 176 valence electrons. The summed E-state index contributed by atoms with van der Waals surface area (Å²) in [7, 11) is 0. The highest BCUT2D eigenvalue weighted by atomic mass is 32.1. The number of hydrogen-bond acceptors (Lipinski definition) is 6. The third kappa shape index (κ3) is 4.40. The smallest absolute Gasteiger partial charge is 0.341 e. The zero-order valence-corrected chi connectivity index (χ0v) is 19.9. The lowest BCUT2D eigenvalue weighted by atomic mass is 9.97. The summed E-state index contributed by atoms with van der Waals surface area (Å²) in [4.78, 5) is 38.6. The molecule has 0 radical (unpaired) electrons. The Kier molecular flexibility index (Phi) is 6.29. The lowest BCUT2D eigenvalue weighted by molar-refractivity contribution is -0.136. The Morgan fingerprint density at radius 1 is 1.00 bits per heavy atom. The summed E-state index contributed by atoms with van der Waals surface area (Å²) in [6.07, 6.45) is 4.11. The number of hydrazone groups is 1. The van der Waals surface area contributed by atoms with E-state index < -0.39 is 17.8 Å². The van der Waals surface area contributed by atoms with Gasteiger partial charge in [-0.15, -0.1) is 11.3 Å². The van der Waals surface area contributed by atoms with Gasteiger partial charge in [0.15, 0.2) is 0 Å². The van der Waals surface area contributed by atoms with Gasteiger partial charge >= 0.3 is 17.8 Å². The average Bonchev–Trinajstić information content (AvgIpc) is 3.44. The second kappa shape index (κ2) is 9.68. The molecule has 1 aliphatic rings. The molecule has 1 aliphatic carbocycles. The maximum absolute atomic E-state index is 12.6. The van der Waals surface area contributed by atoms with Crippen LogP contribution in [0.5, 0.6) is 0 Å². The van der Waals surface area contributed by atoms with Crippen molar-refractivity contribution in [2.24, 2.45) is 5.10 Å². The topological polar surface area (TPSA) is 96.9 Å². The molecule has 2 amide bonds. The number of ether oxygens (including phenoxy) is 1. The van der Waals surface area contributed by atoms with Gasteiger partial charge in [0, 0.05) is 10.4 Å². The van der Waals surface area contributed by atoms with Gasteiger partial charge in [-0.05, 0) is 59.4 Å². The summed E-state index contributed by atoms with van der Waals surface area (Å²) in [6, 6.07) is 17.9. The fraction of sp³-hybridized carbons (Fsp3) is 0.185. The van der Waals surface area contributed by atoms with Gasteiger partial charge in [-0.2, -0.15) is 5.10 Å². The Labute approximate surface area is 205 Å². The number of esters is 1. The molecule has 0 fully saturated rings. The van der Waals surface area contributed by atoms with Crippen LogP contribution in [0.3, 0.4) is 0 Å². The van der Waals surface area contributed by atoms with Crippen LogP contribution < -0.4 is 10.7 Å². The average molecular weight is 486 g/mol. The van der Waals surface area contributed by atoms with E-state index in [-0.39, 0.29) is 6.61 Å². The Balaban J connectivity index is 1.36. The van der Waals surface area contributed by atoms with Crippen molar-refractivity contribution in [1.82, 2.24) is 5.43 Å². The van der Waals surface area contributed by atoms with E-state index in [1.54, 1.807) is 13.1 Å². The first-order valence-corrected chi connectivity index (χ1v) is 12.2. The van der Waals surface area contributed by atoms with Crippen LogP contribution in [0.2, 0.25) is 0 Å². The van der Waals surface area contributed by atoms with Crippen LogP contribution in [0, 0.1) is 0 Å². The van der Waals surface area contributed by atoms with Crippen molar-refractivity contribution in [2.45, 2.75) is 26.2 Å². The zero-order valence-electron chi connectivity index (χ0n) is 19.1. The molecule has 0 atom stereocenters. The minimum Gasteiger partial charge on any atom is -0.462 e. The molecule has 1 heterocycles. The minimum atomic E-state index is -0.922. The largest absolute Gasteiger partial charge is 0.462 e. The molecule has 4 aromatic rings. The van der Waals surface area contributed by atoms with Crippen molar-refractivity contribution in [2.75, 3.05) is 11.9 Å². The first-order valence-electron chi connectivity index (χ1n) is 11.4. The number of rotatable bonds is 5. The standard InChI is InChI=1S/C27H23N3O4S/c1-2-34-27(33)23-20-12-7-13-22(20)35-26(23)29-24(31)25(32)30-28-15-21-18-10-5-3-8-16(18)14-17-9-4-6-11-19(17)21/h3-6,8-11,14-15H,2,7,12-13H2,1H3,(H,29,31)(H,30,32). The number of hydrogen-bond donors (Lipinski definition) is 2. The van der Waals surface area contributed by atoms with Gasteiger partial charge in [-0.1, -0.05) is 48.5 Å². The van der Waals surface area contributed by atoms with E-state index in [1.165, 1.54) is 11.3 Å². The van der Waals surface area contributed by atoms with Crippen LogP contribution in [0.15, 0.2) is 59.7 Å². The fourth-order valence-electron chi connectivity index (χ4n) is 4.47. The lowest BCUT2D eigenvalue weighted by Crippen LogP contribution is -2.32. The first-order chi connectivity index (χ1) is 17.1. The molecule has 5 rings (SSSR count). The Morgan fingerprint density at radius 3 is 2.37 bits per heavy atom. The van der Waals surface area contributed by atoms with E-state index in [0.717, 1.165) is 56.8 Å². The quantitative estimate of drug-likeness (QED) is 0.139. The molecule has 0 saturated heterocycles. The molecule has 7 nitrogen and oxygen atoms in total. The normalized spacial score (nSPS) is 12.7. The van der Waals surface area contributed by atoms with Crippen LogP contribution in [-0.2, 0) is 27.2 Å². The highest BCUT2D eigenvalue weighted by Gasteiger charge is 2.29. The molecule has 8 heteroatoms. The van der Waals surface area contributed by atoms with Gasteiger partial charge in [-0.25, -0.2) is 10.2 Å². The summed E-state index contributed by atoms with van der Waals surface area (Å²) < 4.78 is 5.17. The van der Waals surface area contributed by atoms with Crippen LogP contribution >= 0.6 is 11.3 Å². The van der Waals surface area contributed by atoms with Gasteiger partial charge in [0.25, 0.3) is 0 Å². The molecular formula is C27H23N3O4S. The zero-order chi connectivity index (χ0) is 24.4. The lowest BCUT2D eigenvalue weighted by Gasteiger charge is -2.08. The second-order valence-electron chi connectivity index (χ2n) is 8.17. The number of anilines is 1. The van der Waals surface area contributed by atoms with Crippen LogP contribution in [-0.4, -0.2) is 30.6 Å². The van der Waals surface area contributed by atoms with Gasteiger partial charge in [0.05, 0.1) is 18.4 Å². The van der Waals surface area contributed by atoms with E-state index in [1.807, 2.05) is 48.5 Å². The van der Waals surface area contributed by atoms with Crippen molar-refractivity contribution < 1.29 is 19.1 Å². The number of amides is 2. The van der Waals surface area contributed by atoms with E-state index in [2.05, 4.69) is 21.9 Å². The van der Waals surface area contributed by atoms with Crippen molar-refractivity contribution in [1.29, 1.82) is 0 Å². The molecular weight excluding hydrogens is 462 g/mol. The molecule has 0 aliphatic heterocycles. The number of fused-ring (bicyclic) bond motifs is 3. The van der Waals surface area contributed by atoms with Gasteiger partial charge in [-0.3, -0.25) is 9.59 Å². The number of nitrogens with one attached hydrogen (secondary N) is 2. The van der Waals surface area contributed by atoms with Crippen molar-refractivity contribution in [3.05, 3.63) is 76.2 Å². The summed E-state index contributed by atoms with van der Waals surface area (Å²) in [5, 5.41) is 11.1. The molecule has 3 aromatic carbocycles. The van der Waals surface area contributed by atoms with Crippen LogP contribution in [0.25, 0.3) is 21.5 Å². The monoisotopic (exact) mass is 485 g/mol. The summed E-state index contributed by atoms with van der Waals surface area (Å²) in [5.74, 6) is -2.30. The number of carbonyl (C=O) groups is 3. The number of thiophene rings is 1. The molecule has 1 aromatic heterocycles. The van der Waals surface area contributed by atoms with E-state index >= 15 is 0 Å². The second-order valence-corrected chi connectivity index (χ2v) is 9.27. The summed E-state index contributed by atoms with van der Waals surface area (Å²) in [6.45, 7) is 1.96. The highest BCUT2D eigenvalue weighted by molar-refractivity contribution is 7.17. The van der Waals surface area contributed by atoms with E-state index in [4.69, 9.17) is 4.74 Å². The molecule has 2 N–H and O–H groups in total. The van der Waals surface area contributed by atoms with Crippen molar-refractivity contribution >= 4 is 61.9 Å². The number of nitrogens with zero attached hydrogens (tertiary/aromatic N) is 1. The predicted molar refractivity (Wildman–Crippen MR) is 138 cm³/mol. The third-order valence-corrected chi connectivity index (χ3v) is 7.21. The third-order valence-electron chi connectivity index (χ3n) is 6.01. The van der Waals surface area contributed by atoms with Crippen LogP contribution in [0.4, 0.5) is 5.00 Å². The number of carbonyl (C=O) groups excluding carboxylic acids is 3. The Hall–Kier alpha value is -4.04. The highest BCUT2D eigenvalue weighted by Crippen LogP contribution is 2.39. The molecule has 0 saturated carbocycles. The van der Waals surface area contributed by atoms with Gasteiger partial charge < -0.3 is 10.1 Å². The first kappa shape index (κ1) is 22.7. The molecule has 0 bridgehead atoms. The van der Waals surface area contributed by atoms with E-state index in [0.29, 0.717) is 10.6 Å². The van der Waals surface area contributed by atoms with Crippen molar-refractivity contribution in [3.63, 3.8) is 0 Å². The van der Waals surface area contributed by atoms with Gasteiger partial charge in [0.2, 0.25) is 0 Å². The predicted octanol–water partition coefficient (Wildman–Crippen LogP) is 4.81. The molecule has 0 spiro atoms. The minimum absolute atomic E-state index is 0.231. The number of aryl methyl sites for hydroxylation is 1. The van der Waals surface area contributed by atoms with Crippen LogP contribution in [0.1, 0.15) is 39.7 Å². The fourth-order valence-corrected chi connectivity index (χ4v) is 5.74. The SMILES string of the molecule is CCOC(=O)c1c(NC(=O)C(=O)NN=Cc2c3ccccc3cc3ccccc23)sc2c1CCC2. The summed E-state index contributed by atoms with van der Waals surface area (Å²) in [5.41, 5.74) is 4.42.